The highest BCUT2D eigenvalue weighted by atomic mass is 35.5. The van der Waals surface area contributed by atoms with Crippen LogP contribution in [0, 0.1) is 17.5 Å². The van der Waals surface area contributed by atoms with Crippen LogP contribution in [0.1, 0.15) is 13.8 Å². The van der Waals surface area contributed by atoms with E-state index in [2.05, 4.69) is 15.0 Å². The Morgan fingerprint density at radius 2 is 1.57 bits per heavy atom. The van der Waals surface area contributed by atoms with Crippen molar-refractivity contribution in [1.82, 2.24) is 15.0 Å². The van der Waals surface area contributed by atoms with Crippen molar-refractivity contribution in [2.45, 2.75) is 13.8 Å². The summed E-state index contributed by atoms with van der Waals surface area (Å²) in [5.41, 5.74) is -0.0101. The SMILES string of the molecule is CCN(CC)c1nc(Cl)nc(-c2cc(F)c(F)c(F)c2)n1. The lowest BCUT2D eigenvalue weighted by molar-refractivity contribution is 0.447. The summed E-state index contributed by atoms with van der Waals surface area (Å²) in [6, 6.07) is 1.63. The van der Waals surface area contributed by atoms with Crippen LogP contribution < -0.4 is 4.90 Å². The van der Waals surface area contributed by atoms with Crippen LogP contribution in [0.25, 0.3) is 11.4 Å². The molecule has 2 rings (SSSR count). The van der Waals surface area contributed by atoms with E-state index in [1.807, 2.05) is 13.8 Å². The molecule has 0 fully saturated rings. The Hall–Kier alpha value is -1.89. The molecule has 0 aliphatic heterocycles. The first kappa shape index (κ1) is 15.5. The Bertz CT molecular complexity index is 639. The van der Waals surface area contributed by atoms with Gasteiger partial charge in [0.25, 0.3) is 0 Å². The summed E-state index contributed by atoms with van der Waals surface area (Å²) in [4.78, 5) is 13.7. The van der Waals surface area contributed by atoms with Gasteiger partial charge in [-0.25, -0.2) is 13.2 Å². The molecule has 1 aromatic heterocycles. The van der Waals surface area contributed by atoms with Crippen molar-refractivity contribution in [3.8, 4) is 11.4 Å². The van der Waals surface area contributed by atoms with Gasteiger partial charge in [-0.15, -0.1) is 0 Å². The van der Waals surface area contributed by atoms with Gasteiger partial charge in [0.05, 0.1) is 0 Å². The van der Waals surface area contributed by atoms with E-state index in [0.717, 1.165) is 12.1 Å². The van der Waals surface area contributed by atoms with Gasteiger partial charge in [-0.3, -0.25) is 0 Å². The normalized spacial score (nSPS) is 10.8. The second kappa shape index (κ2) is 6.26. The molecule has 0 saturated carbocycles. The lowest BCUT2D eigenvalue weighted by atomic mass is 10.2. The van der Waals surface area contributed by atoms with Crippen molar-refractivity contribution in [3.63, 3.8) is 0 Å². The molecular weight excluding hydrogens is 305 g/mol. The summed E-state index contributed by atoms with van der Waals surface area (Å²) in [5, 5.41) is -0.105. The molecule has 2 aromatic rings. The van der Waals surface area contributed by atoms with Gasteiger partial charge in [0, 0.05) is 18.7 Å². The van der Waals surface area contributed by atoms with Crippen LogP contribution in [0.3, 0.4) is 0 Å². The smallest absolute Gasteiger partial charge is 0.230 e. The molecule has 21 heavy (non-hydrogen) atoms. The zero-order chi connectivity index (χ0) is 15.6. The maximum absolute atomic E-state index is 13.3. The Kier molecular flexibility index (Phi) is 4.62. The van der Waals surface area contributed by atoms with Crippen LogP contribution in [0.2, 0.25) is 5.28 Å². The molecule has 0 unspecified atom stereocenters. The molecule has 0 aliphatic carbocycles. The van der Waals surface area contributed by atoms with E-state index in [0.29, 0.717) is 19.0 Å². The average molecular weight is 317 g/mol. The number of aromatic nitrogens is 3. The highest BCUT2D eigenvalue weighted by Gasteiger charge is 2.16. The molecule has 0 N–H and O–H groups in total. The molecule has 4 nitrogen and oxygen atoms in total. The first-order valence-electron chi connectivity index (χ1n) is 6.27. The second-order valence-electron chi connectivity index (χ2n) is 4.15. The van der Waals surface area contributed by atoms with Gasteiger partial charge < -0.3 is 4.90 Å². The van der Waals surface area contributed by atoms with E-state index in [4.69, 9.17) is 11.6 Å². The number of halogens is 4. The molecule has 1 aromatic carbocycles. The van der Waals surface area contributed by atoms with Gasteiger partial charge in [0.2, 0.25) is 11.2 Å². The summed E-state index contributed by atoms with van der Waals surface area (Å²) in [6.45, 7) is 5.06. The quantitative estimate of drug-likeness (QED) is 0.810. The monoisotopic (exact) mass is 316 g/mol. The van der Waals surface area contributed by atoms with E-state index in [-0.39, 0.29) is 16.7 Å². The Labute approximate surface area is 124 Å². The van der Waals surface area contributed by atoms with Crippen LogP contribution in [0.15, 0.2) is 12.1 Å². The molecule has 0 bridgehead atoms. The lowest BCUT2D eigenvalue weighted by Crippen LogP contribution is -2.24. The zero-order valence-corrected chi connectivity index (χ0v) is 12.1. The molecular formula is C13H12ClF3N4. The molecule has 0 atom stereocenters. The Balaban J connectivity index is 2.54. The molecule has 0 saturated heterocycles. The van der Waals surface area contributed by atoms with Crippen LogP contribution in [-0.2, 0) is 0 Å². The fourth-order valence-corrected chi connectivity index (χ4v) is 1.96. The molecule has 1 heterocycles. The summed E-state index contributed by atoms with van der Waals surface area (Å²) >= 11 is 5.82. The minimum Gasteiger partial charge on any atom is -0.341 e. The van der Waals surface area contributed by atoms with Crippen molar-refractivity contribution in [1.29, 1.82) is 0 Å². The van der Waals surface area contributed by atoms with E-state index in [1.54, 1.807) is 4.90 Å². The van der Waals surface area contributed by atoms with Crippen molar-refractivity contribution < 1.29 is 13.2 Å². The number of hydrogen-bond acceptors (Lipinski definition) is 4. The van der Waals surface area contributed by atoms with Crippen molar-refractivity contribution >= 4 is 17.5 Å². The largest absolute Gasteiger partial charge is 0.341 e. The molecule has 0 aliphatic rings. The topological polar surface area (TPSA) is 41.9 Å². The first-order chi connectivity index (χ1) is 9.96. The summed E-state index contributed by atoms with van der Waals surface area (Å²) in [6.07, 6.45) is 0. The third kappa shape index (κ3) is 3.24. The van der Waals surface area contributed by atoms with Gasteiger partial charge in [0.15, 0.2) is 23.3 Å². The molecule has 112 valence electrons. The number of hydrogen-bond donors (Lipinski definition) is 0. The van der Waals surface area contributed by atoms with Gasteiger partial charge in [-0.1, -0.05) is 0 Å². The fourth-order valence-electron chi connectivity index (χ4n) is 1.80. The predicted octanol–water partition coefficient (Wildman–Crippen LogP) is 3.46. The minimum absolute atomic E-state index is 0.0101. The van der Waals surface area contributed by atoms with E-state index in [9.17, 15) is 13.2 Å². The van der Waals surface area contributed by atoms with Crippen LogP contribution in [0.4, 0.5) is 19.1 Å². The van der Waals surface area contributed by atoms with Crippen molar-refractivity contribution in [2.24, 2.45) is 0 Å². The highest BCUT2D eigenvalue weighted by molar-refractivity contribution is 6.28. The summed E-state index contributed by atoms with van der Waals surface area (Å²) in [7, 11) is 0. The van der Waals surface area contributed by atoms with Crippen LogP contribution >= 0.6 is 11.6 Å². The third-order valence-electron chi connectivity index (χ3n) is 2.88. The highest BCUT2D eigenvalue weighted by Crippen LogP contribution is 2.23. The summed E-state index contributed by atoms with van der Waals surface area (Å²) < 4.78 is 39.6. The number of anilines is 1. The van der Waals surface area contributed by atoms with Crippen molar-refractivity contribution in [2.75, 3.05) is 18.0 Å². The maximum atomic E-state index is 13.3. The van der Waals surface area contributed by atoms with Crippen LogP contribution in [0.5, 0.6) is 0 Å². The Morgan fingerprint density at radius 1 is 1.00 bits per heavy atom. The predicted molar refractivity (Wildman–Crippen MR) is 73.7 cm³/mol. The molecule has 0 spiro atoms. The zero-order valence-electron chi connectivity index (χ0n) is 11.4. The van der Waals surface area contributed by atoms with Gasteiger partial charge >= 0.3 is 0 Å². The number of rotatable bonds is 4. The van der Waals surface area contributed by atoms with E-state index < -0.39 is 17.5 Å². The molecule has 0 amide bonds. The summed E-state index contributed by atoms with van der Waals surface area (Å²) in [5.74, 6) is -3.89. The van der Waals surface area contributed by atoms with Gasteiger partial charge in [-0.2, -0.15) is 15.0 Å². The van der Waals surface area contributed by atoms with E-state index in [1.165, 1.54) is 0 Å². The third-order valence-corrected chi connectivity index (χ3v) is 3.05. The molecule has 0 radical (unpaired) electrons. The second-order valence-corrected chi connectivity index (χ2v) is 4.49. The Morgan fingerprint density at radius 3 is 2.10 bits per heavy atom. The fraction of sp³-hybridized carbons (Fsp3) is 0.308. The van der Waals surface area contributed by atoms with E-state index >= 15 is 0 Å². The minimum atomic E-state index is -1.54. The molecule has 8 heteroatoms. The number of nitrogens with zero attached hydrogens (tertiary/aromatic N) is 4. The van der Waals surface area contributed by atoms with Crippen molar-refractivity contribution in [3.05, 3.63) is 34.9 Å². The average Bonchev–Trinajstić information content (AvgIpc) is 2.45. The standard InChI is InChI=1S/C13H12ClF3N4/c1-3-21(4-2)13-19-11(18-12(14)20-13)7-5-8(15)10(17)9(16)6-7/h5-6H,3-4H2,1-2H3. The van der Waals surface area contributed by atoms with Gasteiger partial charge in [0.1, 0.15) is 0 Å². The first-order valence-corrected chi connectivity index (χ1v) is 6.65. The maximum Gasteiger partial charge on any atom is 0.230 e. The lowest BCUT2D eigenvalue weighted by Gasteiger charge is -2.18. The van der Waals surface area contributed by atoms with Gasteiger partial charge in [-0.05, 0) is 37.6 Å². The van der Waals surface area contributed by atoms with Crippen LogP contribution in [-0.4, -0.2) is 28.0 Å². The number of benzene rings is 1.